The number of carbonyl (C=O) groups excluding carboxylic acids is 1. The number of ether oxygens (including phenoxy) is 1. The number of rotatable bonds is 5. The number of halogens is 1. The maximum atomic E-state index is 12.8. The number of esters is 1. The Morgan fingerprint density at radius 2 is 1.74 bits per heavy atom. The molecular formula is C20H22ClNO4S. The molecule has 1 aliphatic rings. The molecule has 2 aromatic carbocycles. The Morgan fingerprint density at radius 1 is 1.11 bits per heavy atom. The van der Waals surface area contributed by atoms with Gasteiger partial charge in [-0.3, -0.25) is 0 Å². The van der Waals surface area contributed by atoms with Crippen LogP contribution in [0.4, 0.5) is 0 Å². The normalized spacial score (nSPS) is 16.3. The summed E-state index contributed by atoms with van der Waals surface area (Å²) in [5.74, 6) is -0.586. The maximum absolute atomic E-state index is 12.8. The molecule has 144 valence electrons. The smallest absolute Gasteiger partial charge is 0.338 e. The molecule has 0 amide bonds. The van der Waals surface area contributed by atoms with Crippen molar-refractivity contribution in [3.8, 4) is 0 Å². The molecule has 1 fully saturated rings. The van der Waals surface area contributed by atoms with Crippen molar-refractivity contribution in [3.63, 3.8) is 0 Å². The zero-order valence-corrected chi connectivity index (χ0v) is 16.9. The van der Waals surface area contributed by atoms with Gasteiger partial charge in [0.05, 0.1) is 10.6 Å². The molecule has 3 rings (SSSR count). The lowest BCUT2D eigenvalue weighted by Crippen LogP contribution is -2.28. The van der Waals surface area contributed by atoms with Crippen molar-refractivity contribution in [2.45, 2.75) is 37.7 Å². The van der Waals surface area contributed by atoms with Gasteiger partial charge < -0.3 is 4.74 Å². The van der Waals surface area contributed by atoms with Crippen LogP contribution >= 0.6 is 11.6 Å². The summed E-state index contributed by atoms with van der Waals surface area (Å²) in [4.78, 5) is 12.5. The van der Waals surface area contributed by atoms with Crippen LogP contribution in [-0.2, 0) is 14.8 Å². The highest BCUT2D eigenvalue weighted by Gasteiger charge is 2.30. The minimum Gasteiger partial charge on any atom is -0.454 e. The van der Waals surface area contributed by atoms with E-state index in [1.165, 1.54) is 22.5 Å². The SMILES string of the molecule is Cc1ccc([C@H](C)OC(=O)c2ccc(Cl)c(S(=O)(=O)N3CCCC3)c2)cc1. The van der Waals surface area contributed by atoms with Crippen LogP contribution in [0.25, 0.3) is 0 Å². The van der Waals surface area contributed by atoms with E-state index >= 15 is 0 Å². The molecule has 0 aromatic heterocycles. The Labute approximate surface area is 165 Å². The van der Waals surface area contributed by atoms with Gasteiger partial charge in [0.25, 0.3) is 0 Å². The first-order valence-corrected chi connectivity index (χ1v) is 10.7. The summed E-state index contributed by atoms with van der Waals surface area (Å²) in [5, 5.41) is 0.102. The van der Waals surface area contributed by atoms with Gasteiger partial charge >= 0.3 is 5.97 Å². The first-order chi connectivity index (χ1) is 12.8. The molecule has 0 radical (unpaired) electrons. The number of hydrogen-bond acceptors (Lipinski definition) is 4. The van der Waals surface area contributed by atoms with Crippen molar-refractivity contribution in [3.05, 3.63) is 64.2 Å². The number of sulfonamides is 1. The van der Waals surface area contributed by atoms with E-state index in [1.807, 2.05) is 31.2 Å². The second-order valence-corrected chi connectivity index (χ2v) is 9.03. The van der Waals surface area contributed by atoms with Crippen LogP contribution in [0.1, 0.15) is 47.4 Å². The highest BCUT2D eigenvalue weighted by Crippen LogP contribution is 2.29. The van der Waals surface area contributed by atoms with Crippen LogP contribution in [0.3, 0.4) is 0 Å². The van der Waals surface area contributed by atoms with Gasteiger partial charge in [-0.25, -0.2) is 13.2 Å². The molecule has 1 aliphatic heterocycles. The first kappa shape index (κ1) is 19.9. The molecule has 0 saturated carbocycles. The van der Waals surface area contributed by atoms with Crippen molar-refractivity contribution in [2.24, 2.45) is 0 Å². The standard InChI is InChI=1S/C20H22ClNO4S/c1-14-5-7-16(8-6-14)15(2)26-20(23)17-9-10-18(21)19(13-17)27(24,25)22-11-3-4-12-22/h5-10,13,15H,3-4,11-12H2,1-2H3/t15-/m0/s1. The van der Waals surface area contributed by atoms with E-state index in [9.17, 15) is 13.2 Å². The van der Waals surface area contributed by atoms with Crippen LogP contribution in [0.5, 0.6) is 0 Å². The second kappa shape index (κ2) is 8.00. The summed E-state index contributed by atoms with van der Waals surface area (Å²) < 4.78 is 32.5. The fourth-order valence-electron chi connectivity index (χ4n) is 3.03. The third-order valence-electron chi connectivity index (χ3n) is 4.68. The largest absolute Gasteiger partial charge is 0.454 e. The van der Waals surface area contributed by atoms with E-state index in [1.54, 1.807) is 6.92 Å². The van der Waals surface area contributed by atoms with E-state index in [0.29, 0.717) is 13.1 Å². The first-order valence-electron chi connectivity index (χ1n) is 8.86. The summed E-state index contributed by atoms with van der Waals surface area (Å²) in [6.07, 6.45) is 1.20. The van der Waals surface area contributed by atoms with Crippen molar-refractivity contribution in [1.29, 1.82) is 0 Å². The third-order valence-corrected chi connectivity index (χ3v) is 7.06. The van der Waals surface area contributed by atoms with E-state index in [-0.39, 0.29) is 15.5 Å². The number of nitrogens with zero attached hydrogens (tertiary/aromatic N) is 1. The van der Waals surface area contributed by atoms with Gasteiger partial charge in [-0.15, -0.1) is 0 Å². The van der Waals surface area contributed by atoms with Crippen LogP contribution < -0.4 is 0 Å². The molecule has 1 atom stereocenters. The van der Waals surface area contributed by atoms with E-state index in [4.69, 9.17) is 16.3 Å². The van der Waals surface area contributed by atoms with Crippen molar-refractivity contribution in [2.75, 3.05) is 13.1 Å². The summed E-state index contributed by atoms with van der Waals surface area (Å²) >= 11 is 6.12. The van der Waals surface area contributed by atoms with Crippen molar-refractivity contribution >= 4 is 27.6 Å². The van der Waals surface area contributed by atoms with Gasteiger partial charge in [0.2, 0.25) is 10.0 Å². The number of aryl methyl sites for hydroxylation is 1. The van der Waals surface area contributed by atoms with Gasteiger partial charge in [0, 0.05) is 13.1 Å². The van der Waals surface area contributed by atoms with Crippen LogP contribution in [0.15, 0.2) is 47.4 Å². The summed E-state index contributed by atoms with van der Waals surface area (Å²) in [7, 11) is -3.72. The topological polar surface area (TPSA) is 63.7 Å². The molecule has 0 unspecified atom stereocenters. The Balaban J connectivity index is 1.82. The molecule has 5 nitrogen and oxygen atoms in total. The number of carbonyl (C=O) groups is 1. The Morgan fingerprint density at radius 3 is 2.37 bits per heavy atom. The zero-order chi connectivity index (χ0) is 19.6. The van der Waals surface area contributed by atoms with E-state index in [0.717, 1.165) is 24.0 Å². The number of benzene rings is 2. The highest BCUT2D eigenvalue weighted by molar-refractivity contribution is 7.89. The minimum absolute atomic E-state index is 0.0523. The van der Waals surface area contributed by atoms with Crippen LogP contribution in [0.2, 0.25) is 5.02 Å². The molecule has 7 heteroatoms. The van der Waals surface area contributed by atoms with Gasteiger partial charge in [-0.1, -0.05) is 41.4 Å². The van der Waals surface area contributed by atoms with Gasteiger partial charge in [-0.05, 0) is 50.5 Å². The summed E-state index contributed by atoms with van der Waals surface area (Å²) in [6.45, 7) is 4.70. The van der Waals surface area contributed by atoms with Gasteiger partial charge in [-0.2, -0.15) is 4.31 Å². The average molecular weight is 408 g/mol. The number of hydrogen-bond donors (Lipinski definition) is 0. The lowest BCUT2D eigenvalue weighted by molar-refractivity contribution is 0.0337. The van der Waals surface area contributed by atoms with Crippen LogP contribution in [0, 0.1) is 6.92 Å². The Bertz CT molecular complexity index is 935. The molecule has 27 heavy (non-hydrogen) atoms. The van der Waals surface area contributed by atoms with E-state index in [2.05, 4.69) is 0 Å². The Hall–Kier alpha value is -1.89. The lowest BCUT2D eigenvalue weighted by atomic mass is 10.1. The van der Waals surface area contributed by atoms with Crippen molar-refractivity contribution in [1.82, 2.24) is 4.31 Å². The molecular weight excluding hydrogens is 386 g/mol. The lowest BCUT2D eigenvalue weighted by Gasteiger charge is -2.18. The molecule has 1 heterocycles. The molecule has 1 saturated heterocycles. The second-order valence-electron chi connectivity index (χ2n) is 6.71. The zero-order valence-electron chi connectivity index (χ0n) is 15.3. The van der Waals surface area contributed by atoms with Gasteiger partial charge in [0.1, 0.15) is 11.0 Å². The predicted molar refractivity (Wildman–Crippen MR) is 104 cm³/mol. The fourth-order valence-corrected chi connectivity index (χ4v) is 5.05. The molecule has 2 aromatic rings. The molecule has 0 spiro atoms. The highest BCUT2D eigenvalue weighted by atomic mass is 35.5. The summed E-state index contributed by atoms with van der Waals surface area (Å²) in [6, 6.07) is 11.9. The third kappa shape index (κ3) is 4.34. The average Bonchev–Trinajstić information content (AvgIpc) is 3.18. The van der Waals surface area contributed by atoms with Gasteiger partial charge in [0.15, 0.2) is 0 Å². The monoisotopic (exact) mass is 407 g/mol. The molecule has 0 N–H and O–H groups in total. The molecule has 0 bridgehead atoms. The fraction of sp³-hybridized carbons (Fsp3) is 0.350. The maximum Gasteiger partial charge on any atom is 0.338 e. The predicted octanol–water partition coefficient (Wildman–Crippen LogP) is 4.35. The van der Waals surface area contributed by atoms with Crippen LogP contribution in [-0.4, -0.2) is 31.8 Å². The van der Waals surface area contributed by atoms with Crippen molar-refractivity contribution < 1.29 is 17.9 Å². The Kier molecular flexibility index (Phi) is 5.89. The molecule has 0 aliphatic carbocycles. The minimum atomic E-state index is -3.72. The quantitative estimate of drug-likeness (QED) is 0.691. The van der Waals surface area contributed by atoms with E-state index < -0.39 is 22.1 Å². The summed E-state index contributed by atoms with van der Waals surface area (Å²) in [5.41, 5.74) is 2.15.